The number of carbonyl (C=O) groups excluding carboxylic acids is 3. The number of alkyl halides is 3. The van der Waals surface area contributed by atoms with Gasteiger partial charge in [0.25, 0.3) is 5.91 Å². The monoisotopic (exact) mass is 772 g/mol. The molecule has 2 saturated heterocycles. The molecule has 0 atom stereocenters. The van der Waals surface area contributed by atoms with E-state index < -0.39 is 47.4 Å². The van der Waals surface area contributed by atoms with Crippen molar-refractivity contribution in [2.24, 2.45) is 0 Å². The third kappa shape index (κ3) is 8.99. The second-order valence-corrected chi connectivity index (χ2v) is 14.4. The van der Waals surface area contributed by atoms with E-state index in [1.807, 2.05) is 11.9 Å². The van der Waals surface area contributed by atoms with E-state index in [9.17, 15) is 36.3 Å². The van der Waals surface area contributed by atoms with E-state index in [0.717, 1.165) is 10.7 Å². The summed E-state index contributed by atoms with van der Waals surface area (Å²) in [6.07, 6.45) is -5.94. The van der Waals surface area contributed by atoms with Crippen LogP contribution >= 0.6 is 0 Å². The van der Waals surface area contributed by atoms with Crippen LogP contribution in [0.2, 0.25) is 0 Å². The molecule has 0 aliphatic carbocycles. The molecule has 0 radical (unpaired) electrons. The number of benzene rings is 3. The van der Waals surface area contributed by atoms with Crippen LogP contribution in [0.25, 0.3) is 10.9 Å². The van der Waals surface area contributed by atoms with Gasteiger partial charge in [0, 0.05) is 62.1 Å². The van der Waals surface area contributed by atoms with Crippen LogP contribution in [0.5, 0.6) is 5.75 Å². The predicted molar refractivity (Wildman–Crippen MR) is 194 cm³/mol. The average Bonchev–Trinajstić information content (AvgIpc) is 3.49. The highest BCUT2D eigenvalue weighted by molar-refractivity contribution is 6.14. The predicted octanol–water partition coefficient (Wildman–Crippen LogP) is 6.76. The van der Waals surface area contributed by atoms with E-state index in [-0.39, 0.29) is 71.9 Å². The van der Waals surface area contributed by atoms with Crippen molar-refractivity contribution in [2.45, 2.75) is 58.0 Å². The molecule has 1 N–H and O–H groups in total. The Bertz CT molecular complexity index is 2070. The molecule has 2 aliphatic rings. The number of halogens is 5. The molecule has 12 nitrogen and oxygen atoms in total. The number of hydrogen-bond donors (Lipinski definition) is 1. The molecule has 2 fully saturated rings. The molecule has 3 aromatic carbocycles. The molecule has 1 aromatic heterocycles. The first-order valence-corrected chi connectivity index (χ1v) is 17.7. The van der Waals surface area contributed by atoms with Crippen molar-refractivity contribution < 1.29 is 50.5 Å². The summed E-state index contributed by atoms with van der Waals surface area (Å²) in [4.78, 5) is 45.5. The van der Waals surface area contributed by atoms with Gasteiger partial charge in [-0.25, -0.2) is 13.6 Å². The van der Waals surface area contributed by atoms with Crippen molar-refractivity contribution in [3.63, 3.8) is 0 Å². The molecule has 294 valence electrons. The first kappa shape index (κ1) is 39.4. The third-order valence-corrected chi connectivity index (χ3v) is 9.25. The largest absolute Gasteiger partial charge is 0.489 e. The topological polar surface area (TPSA) is 118 Å². The number of piperazine rings is 1. The van der Waals surface area contributed by atoms with Gasteiger partial charge in [-0.1, -0.05) is 12.1 Å². The molecule has 2 amide bonds. The van der Waals surface area contributed by atoms with E-state index in [4.69, 9.17) is 14.2 Å². The first-order chi connectivity index (χ1) is 26.0. The van der Waals surface area contributed by atoms with Gasteiger partial charge in [-0.2, -0.15) is 17.9 Å². The van der Waals surface area contributed by atoms with E-state index in [1.165, 1.54) is 42.5 Å². The molecule has 4 aromatic rings. The lowest BCUT2D eigenvalue weighted by Gasteiger charge is -2.37. The number of ether oxygens (including phenoxy) is 3. The van der Waals surface area contributed by atoms with Gasteiger partial charge in [0.15, 0.2) is 17.5 Å². The Morgan fingerprint density at radius 2 is 1.67 bits per heavy atom. The van der Waals surface area contributed by atoms with Crippen LogP contribution < -0.4 is 19.9 Å². The summed E-state index contributed by atoms with van der Waals surface area (Å²) in [7, 11) is 1.96. The van der Waals surface area contributed by atoms with Crippen LogP contribution in [0, 0.1) is 11.6 Å². The maximum absolute atomic E-state index is 14.4. The summed E-state index contributed by atoms with van der Waals surface area (Å²) in [5, 5.41) is 7.10. The van der Waals surface area contributed by atoms with Crippen molar-refractivity contribution in [1.82, 2.24) is 14.7 Å². The Balaban J connectivity index is 1.42. The quantitative estimate of drug-likeness (QED) is 0.194. The minimum Gasteiger partial charge on any atom is -0.489 e. The maximum Gasteiger partial charge on any atom is 0.471 e. The zero-order valence-electron chi connectivity index (χ0n) is 30.7. The number of likely N-dealkylation sites (N-methyl/N-ethyl adjacent to an activating group) is 1. The molecule has 0 bridgehead atoms. The van der Waals surface area contributed by atoms with Crippen molar-refractivity contribution in [3.05, 3.63) is 77.4 Å². The number of hydrogen-bond acceptors (Lipinski definition) is 9. The summed E-state index contributed by atoms with van der Waals surface area (Å²) in [5.74, 6) is -5.24. The first-order valence-electron chi connectivity index (χ1n) is 17.7. The Morgan fingerprint density at radius 1 is 0.964 bits per heavy atom. The number of nitrogens with zero attached hydrogens (tertiary/aromatic N) is 5. The molecular formula is C38H41F5N6O6. The Labute approximate surface area is 313 Å². The van der Waals surface area contributed by atoms with Crippen LogP contribution in [0.4, 0.5) is 43.9 Å². The second-order valence-electron chi connectivity index (χ2n) is 14.4. The van der Waals surface area contributed by atoms with E-state index in [2.05, 4.69) is 15.3 Å². The van der Waals surface area contributed by atoms with Gasteiger partial charge in [-0.3, -0.25) is 9.59 Å². The van der Waals surface area contributed by atoms with Crippen molar-refractivity contribution in [1.29, 1.82) is 0 Å². The summed E-state index contributed by atoms with van der Waals surface area (Å²) >= 11 is 0. The number of nitrogens with one attached hydrogen (secondary N) is 1. The summed E-state index contributed by atoms with van der Waals surface area (Å²) in [6.45, 7) is 7.34. The zero-order valence-corrected chi connectivity index (χ0v) is 30.7. The minimum absolute atomic E-state index is 0.0619. The van der Waals surface area contributed by atoms with Crippen molar-refractivity contribution in [3.8, 4) is 5.75 Å². The van der Waals surface area contributed by atoms with Crippen LogP contribution in [-0.4, -0.2) is 96.8 Å². The lowest BCUT2D eigenvalue weighted by Crippen LogP contribution is -2.50. The maximum atomic E-state index is 14.4. The number of carbonyl (C=O) groups is 3. The number of fused-ring (bicyclic) bond motifs is 1. The molecule has 2 aliphatic heterocycles. The standard InChI is InChI=1S/C38H41F5N6O6/c1-37(2,3)55-36(52)49-30-11-9-26(54-22-23-6-5-7-29(39)32(23)40)21-28(30)33(45-49)44-34(50)27-10-8-25(47-16-14-46(4)15-17-47)20-31(27)48(35(51)38(41,42)43)24-12-18-53-19-13-24/h5-11,20-21,24H,12-19,22H2,1-4H3,(H,44,45,50). The normalized spacial score (nSPS) is 15.9. The lowest BCUT2D eigenvalue weighted by atomic mass is 10.0. The molecule has 55 heavy (non-hydrogen) atoms. The molecule has 6 rings (SSSR count). The zero-order chi connectivity index (χ0) is 39.7. The SMILES string of the molecule is CN1CCN(c2ccc(C(=O)Nc3nn(C(=O)OC(C)(C)C)c4ccc(OCc5cccc(F)c5F)cc34)c(N(C(=O)C(F)(F)F)C3CCOCC3)c2)CC1. The Morgan fingerprint density at radius 3 is 2.35 bits per heavy atom. The highest BCUT2D eigenvalue weighted by Gasteiger charge is 2.46. The Hall–Kier alpha value is -5.29. The van der Waals surface area contributed by atoms with E-state index in [1.54, 1.807) is 26.8 Å². The number of amides is 2. The molecule has 17 heteroatoms. The molecule has 0 spiro atoms. The smallest absolute Gasteiger partial charge is 0.471 e. The minimum atomic E-state index is -5.26. The molecule has 0 unspecified atom stereocenters. The highest BCUT2D eigenvalue weighted by Crippen LogP contribution is 2.36. The van der Waals surface area contributed by atoms with Gasteiger partial charge < -0.3 is 34.2 Å². The van der Waals surface area contributed by atoms with Gasteiger partial charge in [0.05, 0.1) is 16.8 Å². The van der Waals surface area contributed by atoms with Crippen LogP contribution in [0.15, 0.2) is 54.6 Å². The van der Waals surface area contributed by atoms with E-state index in [0.29, 0.717) is 36.8 Å². The van der Waals surface area contributed by atoms with Crippen LogP contribution in [-0.2, 0) is 20.9 Å². The fourth-order valence-corrected chi connectivity index (χ4v) is 6.44. The van der Waals surface area contributed by atoms with Crippen molar-refractivity contribution in [2.75, 3.05) is 61.6 Å². The summed E-state index contributed by atoms with van der Waals surface area (Å²) in [5.41, 5.74) is -0.807. The summed E-state index contributed by atoms with van der Waals surface area (Å²) in [6, 6.07) is 11.4. The fourth-order valence-electron chi connectivity index (χ4n) is 6.44. The van der Waals surface area contributed by atoms with Crippen molar-refractivity contribution >= 4 is 46.0 Å². The van der Waals surface area contributed by atoms with Gasteiger partial charge in [0.1, 0.15) is 18.0 Å². The second kappa shape index (κ2) is 15.8. The van der Waals surface area contributed by atoms with E-state index >= 15 is 0 Å². The summed E-state index contributed by atoms with van der Waals surface area (Å²) < 4.78 is 88.6. The number of anilines is 3. The fraction of sp³-hybridized carbons (Fsp3) is 0.421. The third-order valence-electron chi connectivity index (χ3n) is 9.25. The van der Waals surface area contributed by atoms with Gasteiger partial charge in [0.2, 0.25) is 0 Å². The van der Waals surface area contributed by atoms with Crippen LogP contribution in [0.1, 0.15) is 49.5 Å². The number of aromatic nitrogens is 2. The molecule has 0 saturated carbocycles. The average molecular weight is 773 g/mol. The van der Waals surface area contributed by atoms with Crippen LogP contribution in [0.3, 0.4) is 0 Å². The van der Waals surface area contributed by atoms with Gasteiger partial charge in [-0.05, 0) is 83.1 Å². The number of rotatable bonds is 8. The van der Waals surface area contributed by atoms with Gasteiger partial charge in [-0.15, -0.1) is 5.10 Å². The van der Waals surface area contributed by atoms with Gasteiger partial charge >= 0.3 is 18.2 Å². The molecular weight excluding hydrogens is 731 g/mol. The lowest BCUT2D eigenvalue weighted by molar-refractivity contribution is -0.171. The molecule has 3 heterocycles. The highest BCUT2D eigenvalue weighted by atomic mass is 19.4. The Kier molecular flexibility index (Phi) is 11.3.